The van der Waals surface area contributed by atoms with Gasteiger partial charge < -0.3 is 4.74 Å². The van der Waals surface area contributed by atoms with Crippen LogP contribution in [-0.2, 0) is 9.53 Å². The molecule has 0 aliphatic heterocycles. The van der Waals surface area contributed by atoms with Crippen LogP contribution in [0.3, 0.4) is 0 Å². The third kappa shape index (κ3) is 2.55. The van der Waals surface area contributed by atoms with Crippen molar-refractivity contribution < 1.29 is 9.53 Å². The van der Waals surface area contributed by atoms with Crippen LogP contribution in [0.15, 0.2) is 22.2 Å². The second kappa shape index (κ2) is 4.93. The third-order valence-electron chi connectivity index (χ3n) is 3.52. The molecular weight excluding hydrogens is 280 g/mol. The van der Waals surface area contributed by atoms with Crippen LogP contribution >= 0.6 is 11.8 Å². The second-order valence-corrected chi connectivity index (χ2v) is 6.02. The monoisotopic (exact) mass is 294 g/mol. The number of carbonyl (C=O) groups is 1. The number of carbonyl (C=O) groups excluding carboxylic acids is 1. The van der Waals surface area contributed by atoms with Gasteiger partial charge in [0.1, 0.15) is 11.4 Å². The smallest absolute Gasteiger partial charge is 0.348 e. The number of aromatic amines is 1. The molecule has 2 heterocycles. The van der Waals surface area contributed by atoms with Crippen molar-refractivity contribution in [3.05, 3.63) is 22.9 Å². The normalized spacial score (nSPS) is 16.2. The number of H-pyrrole nitrogens is 1. The van der Waals surface area contributed by atoms with Crippen LogP contribution in [0.25, 0.3) is 5.65 Å². The van der Waals surface area contributed by atoms with Gasteiger partial charge in [-0.1, -0.05) is 0 Å². The van der Waals surface area contributed by atoms with Gasteiger partial charge in [-0.25, -0.2) is 19.3 Å². The fraction of sp³-hybridized carbons (Fsp3) is 0.500. The van der Waals surface area contributed by atoms with Gasteiger partial charge in [0.15, 0.2) is 5.65 Å². The minimum Gasteiger partial charge on any atom is -0.469 e. The van der Waals surface area contributed by atoms with E-state index in [0.717, 1.165) is 23.6 Å². The van der Waals surface area contributed by atoms with Crippen molar-refractivity contribution >= 4 is 23.4 Å². The molecule has 0 radical (unpaired) electrons. The number of hydrogen-bond donors (Lipinski definition) is 1. The SMILES string of the molecule is COC(=O)CC1(CSc2cc3n[nH]c(=O)n3cn2)CC1. The predicted octanol–water partition coefficient (Wildman–Crippen LogP) is 0.853. The average molecular weight is 294 g/mol. The van der Waals surface area contributed by atoms with Crippen LogP contribution in [0.2, 0.25) is 0 Å². The van der Waals surface area contributed by atoms with Crippen molar-refractivity contribution in [2.75, 3.05) is 12.9 Å². The Morgan fingerprint density at radius 2 is 2.40 bits per heavy atom. The van der Waals surface area contributed by atoms with E-state index in [1.54, 1.807) is 17.8 Å². The summed E-state index contributed by atoms with van der Waals surface area (Å²) in [4.78, 5) is 26.9. The first-order valence-electron chi connectivity index (χ1n) is 6.24. The molecule has 2 aromatic rings. The minimum atomic E-state index is -0.298. The summed E-state index contributed by atoms with van der Waals surface area (Å²) in [7, 11) is 1.41. The van der Waals surface area contributed by atoms with Crippen molar-refractivity contribution in [2.24, 2.45) is 5.41 Å². The van der Waals surface area contributed by atoms with E-state index < -0.39 is 0 Å². The summed E-state index contributed by atoms with van der Waals surface area (Å²) in [5.41, 5.74) is 0.301. The van der Waals surface area contributed by atoms with Gasteiger partial charge in [-0.05, 0) is 18.3 Å². The van der Waals surface area contributed by atoms with E-state index in [4.69, 9.17) is 4.74 Å². The highest BCUT2D eigenvalue weighted by Crippen LogP contribution is 2.51. The summed E-state index contributed by atoms with van der Waals surface area (Å²) in [5.74, 6) is 0.658. The Balaban J connectivity index is 1.68. The molecule has 8 heteroatoms. The van der Waals surface area contributed by atoms with E-state index in [1.165, 1.54) is 17.8 Å². The fourth-order valence-electron chi connectivity index (χ4n) is 2.03. The highest BCUT2D eigenvalue weighted by Gasteiger charge is 2.44. The van der Waals surface area contributed by atoms with E-state index in [2.05, 4.69) is 15.2 Å². The van der Waals surface area contributed by atoms with Gasteiger partial charge >= 0.3 is 11.7 Å². The van der Waals surface area contributed by atoms with Gasteiger partial charge in [0.2, 0.25) is 0 Å². The molecule has 3 rings (SSSR count). The standard InChI is InChI=1S/C12H14N4O3S/c1-19-10(17)5-12(2-3-12)6-20-9-4-8-14-15-11(18)16(8)7-13-9/h4,7H,2-3,5-6H2,1H3,(H,15,18). The molecule has 0 spiro atoms. The van der Waals surface area contributed by atoms with E-state index in [0.29, 0.717) is 12.1 Å². The average Bonchev–Trinajstić information content (AvgIpc) is 3.13. The fourth-order valence-corrected chi connectivity index (χ4v) is 3.18. The molecule has 1 aliphatic carbocycles. The van der Waals surface area contributed by atoms with Crippen LogP contribution in [-0.4, -0.2) is 38.4 Å². The summed E-state index contributed by atoms with van der Waals surface area (Å²) >= 11 is 1.58. The summed E-state index contributed by atoms with van der Waals surface area (Å²) in [6.07, 6.45) is 4.00. The van der Waals surface area contributed by atoms with Gasteiger partial charge in [-0.15, -0.1) is 11.8 Å². The lowest BCUT2D eigenvalue weighted by atomic mass is 10.1. The molecule has 1 saturated carbocycles. The number of aromatic nitrogens is 4. The topological polar surface area (TPSA) is 89.3 Å². The number of hydrogen-bond acceptors (Lipinski definition) is 6. The maximum atomic E-state index is 11.4. The Bertz CT molecular complexity index is 704. The molecule has 1 fully saturated rings. The summed E-state index contributed by atoms with van der Waals surface area (Å²) in [5, 5.41) is 7.07. The lowest BCUT2D eigenvalue weighted by Crippen LogP contribution is -2.13. The maximum absolute atomic E-state index is 11.4. The molecule has 1 aliphatic rings. The number of rotatable bonds is 5. The largest absolute Gasteiger partial charge is 0.469 e. The lowest BCUT2D eigenvalue weighted by Gasteiger charge is -2.12. The first kappa shape index (κ1) is 13.2. The van der Waals surface area contributed by atoms with Crippen LogP contribution in [0.1, 0.15) is 19.3 Å². The Morgan fingerprint density at radius 3 is 3.10 bits per heavy atom. The molecule has 106 valence electrons. The van der Waals surface area contributed by atoms with E-state index >= 15 is 0 Å². The molecule has 0 bridgehead atoms. The van der Waals surface area contributed by atoms with E-state index in [-0.39, 0.29) is 17.1 Å². The van der Waals surface area contributed by atoms with Crippen molar-refractivity contribution in [2.45, 2.75) is 24.3 Å². The van der Waals surface area contributed by atoms with Crippen LogP contribution in [0, 0.1) is 5.41 Å². The molecule has 0 aromatic carbocycles. The molecule has 0 amide bonds. The van der Waals surface area contributed by atoms with Gasteiger partial charge in [0.05, 0.1) is 13.5 Å². The van der Waals surface area contributed by atoms with Crippen LogP contribution in [0.4, 0.5) is 0 Å². The number of methoxy groups -OCH3 is 1. The maximum Gasteiger partial charge on any atom is 0.348 e. The number of thioether (sulfide) groups is 1. The molecular formula is C12H14N4O3S. The first-order chi connectivity index (χ1) is 9.62. The van der Waals surface area contributed by atoms with Crippen LogP contribution < -0.4 is 5.69 Å². The minimum absolute atomic E-state index is 0.0524. The quantitative estimate of drug-likeness (QED) is 0.499. The van der Waals surface area contributed by atoms with Gasteiger partial charge in [-0.3, -0.25) is 4.79 Å². The number of ether oxygens (including phenoxy) is 1. The molecule has 0 saturated heterocycles. The zero-order chi connectivity index (χ0) is 14.2. The van der Waals surface area contributed by atoms with Crippen molar-refractivity contribution in [3.8, 4) is 0 Å². The number of nitrogens with zero attached hydrogens (tertiary/aromatic N) is 3. The Morgan fingerprint density at radius 1 is 1.60 bits per heavy atom. The Hall–Kier alpha value is -1.83. The van der Waals surface area contributed by atoms with Crippen molar-refractivity contribution in [3.63, 3.8) is 0 Å². The number of esters is 1. The summed E-state index contributed by atoms with van der Waals surface area (Å²) in [6, 6.07) is 1.76. The third-order valence-corrected chi connectivity index (χ3v) is 4.79. The Labute approximate surface area is 118 Å². The molecule has 2 aromatic heterocycles. The second-order valence-electron chi connectivity index (χ2n) is 5.03. The molecule has 1 N–H and O–H groups in total. The summed E-state index contributed by atoms with van der Waals surface area (Å²) in [6.45, 7) is 0. The van der Waals surface area contributed by atoms with Gasteiger partial charge in [-0.2, -0.15) is 5.10 Å². The molecule has 20 heavy (non-hydrogen) atoms. The van der Waals surface area contributed by atoms with Crippen molar-refractivity contribution in [1.82, 2.24) is 19.6 Å². The Kier molecular flexibility index (Phi) is 3.25. The first-order valence-corrected chi connectivity index (χ1v) is 7.23. The number of fused-ring (bicyclic) bond motifs is 1. The zero-order valence-electron chi connectivity index (χ0n) is 11.0. The highest BCUT2D eigenvalue weighted by atomic mass is 32.2. The van der Waals surface area contributed by atoms with Gasteiger partial charge in [0, 0.05) is 11.8 Å². The summed E-state index contributed by atoms with van der Waals surface area (Å²) < 4.78 is 6.08. The van der Waals surface area contributed by atoms with Gasteiger partial charge in [0.25, 0.3) is 0 Å². The highest BCUT2D eigenvalue weighted by molar-refractivity contribution is 7.99. The van der Waals surface area contributed by atoms with E-state index in [1.807, 2.05) is 0 Å². The molecule has 7 nitrogen and oxygen atoms in total. The zero-order valence-corrected chi connectivity index (χ0v) is 11.8. The van der Waals surface area contributed by atoms with Crippen molar-refractivity contribution in [1.29, 1.82) is 0 Å². The lowest BCUT2D eigenvalue weighted by molar-refractivity contribution is -0.141. The van der Waals surface area contributed by atoms with Crippen LogP contribution in [0.5, 0.6) is 0 Å². The number of nitrogens with one attached hydrogen (secondary N) is 1. The molecule has 0 unspecified atom stereocenters. The molecule has 0 atom stereocenters. The predicted molar refractivity (Wildman–Crippen MR) is 72.6 cm³/mol. The van der Waals surface area contributed by atoms with E-state index in [9.17, 15) is 9.59 Å².